The van der Waals surface area contributed by atoms with Gasteiger partial charge in [0.05, 0.1) is 22.4 Å². The van der Waals surface area contributed by atoms with E-state index in [4.69, 9.17) is 17.8 Å². The number of allylic oxidation sites excluding steroid dienone is 4. The van der Waals surface area contributed by atoms with E-state index >= 15 is 0 Å². The van der Waals surface area contributed by atoms with E-state index in [1.54, 1.807) is 0 Å². The molecule has 1 aliphatic rings. The predicted octanol–water partition coefficient (Wildman–Crippen LogP) is 3.69. The number of rotatable bonds is 2. The van der Waals surface area contributed by atoms with Gasteiger partial charge >= 0.3 is 0 Å². The highest BCUT2D eigenvalue weighted by atomic mass is 14.8. The summed E-state index contributed by atoms with van der Waals surface area (Å²) >= 11 is 0. The molecular weight excluding hydrogens is 279 g/mol. The van der Waals surface area contributed by atoms with Gasteiger partial charge < -0.3 is 0 Å². The van der Waals surface area contributed by atoms with Crippen LogP contribution in [0.15, 0.2) is 72.8 Å². The highest BCUT2D eigenvalue weighted by Gasteiger charge is 2.18. The maximum absolute atomic E-state index is 5.91. The minimum Gasteiger partial charge on any atom is -0.248 e. The molecule has 0 fully saturated rings. The SMILES string of the molecule is [B]c1ccc2nc(-c3ccccc3)c(C3C=CC=CC3)nc2c1. The lowest BCUT2D eigenvalue weighted by molar-refractivity contribution is 0.818. The summed E-state index contributed by atoms with van der Waals surface area (Å²) in [6.07, 6.45) is 9.46. The molecule has 0 spiro atoms. The van der Waals surface area contributed by atoms with E-state index in [1.807, 2.05) is 36.4 Å². The molecule has 2 nitrogen and oxygen atoms in total. The van der Waals surface area contributed by atoms with Gasteiger partial charge in [-0.05, 0) is 18.6 Å². The predicted molar refractivity (Wildman–Crippen MR) is 96.0 cm³/mol. The summed E-state index contributed by atoms with van der Waals surface area (Å²) < 4.78 is 0. The van der Waals surface area contributed by atoms with Crippen molar-refractivity contribution >= 4 is 24.3 Å². The van der Waals surface area contributed by atoms with Gasteiger partial charge in [-0.15, -0.1) is 0 Å². The van der Waals surface area contributed by atoms with Crippen LogP contribution in [0.5, 0.6) is 0 Å². The van der Waals surface area contributed by atoms with E-state index in [0.717, 1.165) is 34.4 Å². The van der Waals surface area contributed by atoms with Crippen molar-refractivity contribution in [2.45, 2.75) is 12.3 Å². The monoisotopic (exact) mass is 294 g/mol. The maximum Gasteiger partial charge on any atom is 0.113 e. The first-order valence-corrected chi connectivity index (χ1v) is 7.77. The van der Waals surface area contributed by atoms with Gasteiger partial charge in [-0.2, -0.15) is 0 Å². The van der Waals surface area contributed by atoms with Gasteiger partial charge in [0, 0.05) is 11.5 Å². The summed E-state index contributed by atoms with van der Waals surface area (Å²) in [4.78, 5) is 9.79. The zero-order valence-electron chi connectivity index (χ0n) is 12.7. The Morgan fingerprint density at radius 2 is 1.78 bits per heavy atom. The van der Waals surface area contributed by atoms with E-state index in [9.17, 15) is 0 Å². The van der Waals surface area contributed by atoms with E-state index in [0.29, 0.717) is 5.46 Å². The van der Waals surface area contributed by atoms with Crippen LogP contribution >= 0.6 is 0 Å². The molecule has 1 heterocycles. The molecule has 23 heavy (non-hydrogen) atoms. The lowest BCUT2D eigenvalue weighted by Crippen LogP contribution is -2.07. The molecule has 3 heteroatoms. The molecule has 1 unspecified atom stereocenters. The molecule has 1 atom stereocenters. The van der Waals surface area contributed by atoms with Crippen molar-refractivity contribution in [3.8, 4) is 11.3 Å². The van der Waals surface area contributed by atoms with E-state index in [1.165, 1.54) is 0 Å². The van der Waals surface area contributed by atoms with Crippen molar-refractivity contribution in [1.29, 1.82) is 0 Å². The molecule has 0 saturated carbocycles. The summed E-state index contributed by atoms with van der Waals surface area (Å²) in [6, 6.07) is 15.9. The molecule has 1 aromatic heterocycles. The highest BCUT2D eigenvalue weighted by Crippen LogP contribution is 2.32. The van der Waals surface area contributed by atoms with Crippen LogP contribution in [-0.4, -0.2) is 17.8 Å². The third-order valence-electron chi connectivity index (χ3n) is 4.09. The number of benzene rings is 2. The topological polar surface area (TPSA) is 25.8 Å². The van der Waals surface area contributed by atoms with Crippen molar-refractivity contribution in [3.05, 3.63) is 78.5 Å². The Morgan fingerprint density at radius 3 is 2.57 bits per heavy atom. The Kier molecular flexibility index (Phi) is 3.54. The second-order valence-electron chi connectivity index (χ2n) is 5.73. The standard InChI is InChI=1S/C20H15BN2/c21-16-11-12-17-18(13-16)23-20(15-9-5-2-6-10-15)19(22-17)14-7-3-1-4-8-14/h1-9,11-13,15H,10H2. The zero-order chi connectivity index (χ0) is 15.6. The Labute approximate surface area is 137 Å². The van der Waals surface area contributed by atoms with Crippen LogP contribution in [0.4, 0.5) is 0 Å². The minimum absolute atomic E-state index is 0.244. The van der Waals surface area contributed by atoms with Crippen molar-refractivity contribution in [2.24, 2.45) is 0 Å². The van der Waals surface area contributed by atoms with Gasteiger partial charge in [-0.25, -0.2) is 9.97 Å². The molecule has 3 aromatic rings. The average molecular weight is 294 g/mol. The summed E-state index contributed by atoms with van der Waals surface area (Å²) in [5.74, 6) is 0.244. The Morgan fingerprint density at radius 1 is 0.913 bits per heavy atom. The van der Waals surface area contributed by atoms with Crippen LogP contribution in [0, 0.1) is 0 Å². The lowest BCUT2D eigenvalue weighted by Gasteiger charge is -2.17. The van der Waals surface area contributed by atoms with E-state index < -0.39 is 0 Å². The van der Waals surface area contributed by atoms with Crippen LogP contribution in [-0.2, 0) is 0 Å². The van der Waals surface area contributed by atoms with Gasteiger partial charge in [0.15, 0.2) is 0 Å². The molecule has 0 amide bonds. The Bertz CT molecular complexity index is 914. The third-order valence-corrected chi connectivity index (χ3v) is 4.09. The Balaban J connectivity index is 1.96. The second-order valence-corrected chi connectivity index (χ2v) is 5.73. The summed E-state index contributed by atoms with van der Waals surface area (Å²) in [6.45, 7) is 0. The number of hydrogen-bond donors (Lipinski definition) is 0. The molecule has 4 rings (SSSR count). The first-order chi connectivity index (χ1) is 11.3. The van der Waals surface area contributed by atoms with Gasteiger partial charge in [0.1, 0.15) is 7.85 Å². The quantitative estimate of drug-likeness (QED) is 0.674. The summed E-state index contributed by atoms with van der Waals surface area (Å²) in [5, 5.41) is 0. The van der Waals surface area contributed by atoms with Crippen molar-refractivity contribution in [3.63, 3.8) is 0 Å². The minimum atomic E-state index is 0.244. The number of fused-ring (bicyclic) bond motifs is 1. The molecule has 0 saturated heterocycles. The molecule has 0 aliphatic heterocycles. The number of hydrogen-bond acceptors (Lipinski definition) is 2. The first-order valence-electron chi connectivity index (χ1n) is 7.77. The fraction of sp³-hybridized carbons (Fsp3) is 0.100. The van der Waals surface area contributed by atoms with E-state index in [-0.39, 0.29) is 5.92 Å². The van der Waals surface area contributed by atoms with Crippen molar-refractivity contribution in [2.75, 3.05) is 0 Å². The number of nitrogens with zero attached hydrogens (tertiary/aromatic N) is 2. The molecule has 0 N–H and O–H groups in total. The van der Waals surface area contributed by atoms with Crippen LogP contribution in [0.1, 0.15) is 18.0 Å². The normalized spacial score (nSPS) is 16.8. The highest BCUT2D eigenvalue weighted by molar-refractivity contribution is 6.33. The van der Waals surface area contributed by atoms with Crippen LogP contribution in [0.2, 0.25) is 0 Å². The first kappa shape index (κ1) is 14.0. The van der Waals surface area contributed by atoms with Crippen LogP contribution < -0.4 is 5.46 Å². The summed E-state index contributed by atoms with van der Waals surface area (Å²) in [5.41, 5.74) is 5.49. The van der Waals surface area contributed by atoms with Gasteiger partial charge in [-0.3, -0.25) is 0 Å². The lowest BCUT2D eigenvalue weighted by atomic mass is 9.92. The molecule has 2 radical (unpaired) electrons. The van der Waals surface area contributed by atoms with Gasteiger partial charge in [-0.1, -0.05) is 66.2 Å². The van der Waals surface area contributed by atoms with Crippen LogP contribution in [0.25, 0.3) is 22.3 Å². The number of aromatic nitrogens is 2. The van der Waals surface area contributed by atoms with Crippen molar-refractivity contribution < 1.29 is 0 Å². The molecule has 108 valence electrons. The van der Waals surface area contributed by atoms with Gasteiger partial charge in [0.25, 0.3) is 0 Å². The average Bonchev–Trinajstić information content (AvgIpc) is 2.62. The smallest absolute Gasteiger partial charge is 0.113 e. The maximum atomic E-state index is 5.91. The fourth-order valence-electron chi connectivity index (χ4n) is 2.94. The van der Waals surface area contributed by atoms with E-state index in [2.05, 4.69) is 36.4 Å². The second kappa shape index (κ2) is 5.84. The van der Waals surface area contributed by atoms with Crippen LogP contribution in [0.3, 0.4) is 0 Å². The van der Waals surface area contributed by atoms with Gasteiger partial charge in [0.2, 0.25) is 0 Å². The molecule has 0 bridgehead atoms. The largest absolute Gasteiger partial charge is 0.248 e. The van der Waals surface area contributed by atoms with Crippen molar-refractivity contribution in [1.82, 2.24) is 9.97 Å². The fourth-order valence-corrected chi connectivity index (χ4v) is 2.94. The summed E-state index contributed by atoms with van der Waals surface area (Å²) in [7, 11) is 5.91. The molecule has 2 aromatic carbocycles. The zero-order valence-corrected chi connectivity index (χ0v) is 12.7. The molecule has 1 aliphatic carbocycles. The Hall–Kier alpha value is -2.68. The molecular formula is C20H15BN2. The third kappa shape index (κ3) is 2.70.